The normalized spacial score (nSPS) is 21.9. The summed E-state index contributed by atoms with van der Waals surface area (Å²) in [6.45, 7) is 3.01. The van der Waals surface area contributed by atoms with Gasteiger partial charge in [-0.2, -0.15) is 11.8 Å². The van der Waals surface area contributed by atoms with E-state index in [1.54, 1.807) is 13.4 Å². The van der Waals surface area contributed by atoms with E-state index in [1.165, 1.54) is 25.7 Å². The summed E-state index contributed by atoms with van der Waals surface area (Å²) < 4.78 is 5.53. The van der Waals surface area contributed by atoms with Gasteiger partial charge in [0.05, 0.1) is 7.11 Å². The van der Waals surface area contributed by atoms with Crippen LogP contribution in [0.2, 0.25) is 0 Å². The van der Waals surface area contributed by atoms with Gasteiger partial charge in [-0.3, -0.25) is 0 Å². The number of nitrogens with one attached hydrogen (secondary N) is 2. The van der Waals surface area contributed by atoms with Crippen molar-refractivity contribution >= 4 is 23.4 Å². The molecular weight excluding hydrogens is 284 g/mol. The third-order valence-electron chi connectivity index (χ3n) is 3.88. The zero-order valence-corrected chi connectivity index (χ0v) is 14.0. The van der Waals surface area contributed by atoms with Crippen LogP contribution in [0.4, 0.5) is 11.6 Å². The summed E-state index contributed by atoms with van der Waals surface area (Å²) in [6, 6.07) is 0.455. The molecule has 118 valence electrons. The van der Waals surface area contributed by atoms with Crippen LogP contribution in [0.3, 0.4) is 0 Å². The Kier molecular flexibility index (Phi) is 6.42. The molecule has 2 atom stereocenters. The first-order chi connectivity index (χ1) is 10.3. The minimum Gasteiger partial charge on any atom is -0.490 e. The van der Waals surface area contributed by atoms with Gasteiger partial charge in [-0.25, -0.2) is 9.97 Å². The number of nitrogens with zero attached hydrogens (tertiary/aromatic N) is 2. The van der Waals surface area contributed by atoms with E-state index in [4.69, 9.17) is 4.74 Å². The fourth-order valence-corrected chi connectivity index (χ4v) is 3.69. The second kappa shape index (κ2) is 8.32. The second-order valence-electron chi connectivity index (χ2n) is 5.34. The molecular formula is C15H26N4OS. The van der Waals surface area contributed by atoms with Crippen LogP contribution in [0.1, 0.15) is 39.0 Å². The molecule has 21 heavy (non-hydrogen) atoms. The molecule has 2 unspecified atom stereocenters. The first kappa shape index (κ1) is 16.2. The molecule has 0 bridgehead atoms. The van der Waals surface area contributed by atoms with E-state index in [2.05, 4.69) is 33.8 Å². The fraction of sp³-hybridized carbons (Fsp3) is 0.733. The molecule has 1 aromatic rings. The summed E-state index contributed by atoms with van der Waals surface area (Å²) in [6.07, 6.45) is 9.91. The molecule has 0 aliphatic heterocycles. The lowest BCUT2D eigenvalue weighted by Gasteiger charge is -2.31. The number of rotatable bonds is 7. The molecule has 0 aromatic carbocycles. The zero-order chi connectivity index (χ0) is 15.1. The van der Waals surface area contributed by atoms with Gasteiger partial charge in [-0.05, 0) is 25.5 Å². The quantitative estimate of drug-likeness (QED) is 0.805. The van der Waals surface area contributed by atoms with Crippen molar-refractivity contribution in [2.75, 3.05) is 30.5 Å². The topological polar surface area (TPSA) is 59.1 Å². The van der Waals surface area contributed by atoms with Crippen LogP contribution in [-0.2, 0) is 0 Å². The van der Waals surface area contributed by atoms with Gasteiger partial charge in [0.25, 0.3) is 0 Å². The van der Waals surface area contributed by atoms with Crippen molar-refractivity contribution < 1.29 is 4.74 Å². The number of hydrogen-bond acceptors (Lipinski definition) is 6. The summed E-state index contributed by atoms with van der Waals surface area (Å²) >= 11 is 1.94. The lowest BCUT2D eigenvalue weighted by atomic mass is 9.95. The first-order valence-electron chi connectivity index (χ1n) is 7.72. The summed E-state index contributed by atoms with van der Waals surface area (Å²) in [4.78, 5) is 8.67. The lowest BCUT2D eigenvalue weighted by molar-refractivity contribution is 0.411. The molecule has 6 heteroatoms. The number of methoxy groups -OCH3 is 1. The maximum absolute atomic E-state index is 5.53. The Morgan fingerprint density at radius 3 is 2.76 bits per heavy atom. The monoisotopic (exact) mass is 310 g/mol. The van der Waals surface area contributed by atoms with Crippen LogP contribution in [0.25, 0.3) is 0 Å². The molecule has 0 saturated heterocycles. The summed E-state index contributed by atoms with van der Waals surface area (Å²) in [5.41, 5.74) is 0. The number of hydrogen-bond donors (Lipinski definition) is 2. The smallest absolute Gasteiger partial charge is 0.204 e. The van der Waals surface area contributed by atoms with Gasteiger partial charge in [-0.1, -0.05) is 19.8 Å². The van der Waals surface area contributed by atoms with Crippen molar-refractivity contribution in [3.63, 3.8) is 0 Å². The van der Waals surface area contributed by atoms with Gasteiger partial charge in [0, 0.05) is 17.8 Å². The van der Waals surface area contributed by atoms with Crippen molar-refractivity contribution in [2.45, 2.75) is 50.3 Å². The van der Waals surface area contributed by atoms with E-state index in [9.17, 15) is 0 Å². The standard InChI is InChI=1S/C15H26N4OS/c1-4-9-16-14-13(20-2)15(18-10-17-14)19-11-7-5-6-8-12(11)21-3/h10-12H,4-9H2,1-3H3,(H2,16,17,18,19). The Hall–Kier alpha value is -1.17. The summed E-state index contributed by atoms with van der Waals surface area (Å²) in [7, 11) is 1.67. The van der Waals surface area contributed by atoms with Crippen molar-refractivity contribution in [3.8, 4) is 5.75 Å². The highest BCUT2D eigenvalue weighted by molar-refractivity contribution is 7.99. The summed E-state index contributed by atoms with van der Waals surface area (Å²) in [5, 5.41) is 7.52. The predicted octanol–water partition coefficient (Wildman–Crippen LogP) is 3.39. The lowest BCUT2D eigenvalue weighted by Crippen LogP contribution is -2.34. The van der Waals surface area contributed by atoms with E-state index in [-0.39, 0.29) is 0 Å². The molecule has 0 radical (unpaired) electrons. The Labute approximate surface area is 131 Å². The Morgan fingerprint density at radius 2 is 2.05 bits per heavy atom. The van der Waals surface area contributed by atoms with Crippen molar-refractivity contribution in [2.24, 2.45) is 0 Å². The zero-order valence-electron chi connectivity index (χ0n) is 13.2. The van der Waals surface area contributed by atoms with Crippen LogP contribution >= 0.6 is 11.8 Å². The molecule has 1 fully saturated rings. The minimum absolute atomic E-state index is 0.455. The largest absolute Gasteiger partial charge is 0.490 e. The average Bonchev–Trinajstić information content (AvgIpc) is 2.53. The molecule has 5 nitrogen and oxygen atoms in total. The fourth-order valence-electron chi connectivity index (χ4n) is 2.76. The molecule has 1 saturated carbocycles. The molecule has 0 spiro atoms. The molecule has 0 amide bonds. The Morgan fingerprint density at radius 1 is 1.29 bits per heavy atom. The van der Waals surface area contributed by atoms with E-state index >= 15 is 0 Å². The third kappa shape index (κ3) is 4.15. The second-order valence-corrected chi connectivity index (χ2v) is 6.42. The van der Waals surface area contributed by atoms with Gasteiger partial charge >= 0.3 is 0 Å². The third-order valence-corrected chi connectivity index (χ3v) is 5.05. The van der Waals surface area contributed by atoms with Gasteiger partial charge in [-0.15, -0.1) is 0 Å². The van der Waals surface area contributed by atoms with Crippen molar-refractivity contribution in [1.82, 2.24) is 9.97 Å². The van der Waals surface area contributed by atoms with Gasteiger partial charge < -0.3 is 15.4 Å². The molecule has 2 rings (SSSR count). The van der Waals surface area contributed by atoms with E-state index in [0.29, 0.717) is 11.3 Å². The number of aromatic nitrogens is 2. The highest BCUT2D eigenvalue weighted by Crippen LogP contribution is 2.34. The van der Waals surface area contributed by atoms with E-state index in [0.717, 1.165) is 30.4 Å². The maximum Gasteiger partial charge on any atom is 0.204 e. The molecule has 1 aromatic heterocycles. The highest BCUT2D eigenvalue weighted by atomic mass is 32.2. The van der Waals surface area contributed by atoms with Crippen LogP contribution in [0, 0.1) is 0 Å². The molecule has 1 heterocycles. The van der Waals surface area contributed by atoms with Crippen molar-refractivity contribution in [3.05, 3.63) is 6.33 Å². The van der Waals surface area contributed by atoms with Crippen LogP contribution in [-0.4, -0.2) is 41.2 Å². The first-order valence-corrected chi connectivity index (χ1v) is 9.01. The van der Waals surface area contributed by atoms with Gasteiger partial charge in [0.1, 0.15) is 6.33 Å². The van der Waals surface area contributed by atoms with Gasteiger partial charge in [0.15, 0.2) is 11.6 Å². The Balaban J connectivity index is 2.14. The summed E-state index contributed by atoms with van der Waals surface area (Å²) in [5.74, 6) is 2.29. The van der Waals surface area contributed by atoms with E-state index in [1.807, 2.05) is 11.8 Å². The highest BCUT2D eigenvalue weighted by Gasteiger charge is 2.26. The van der Waals surface area contributed by atoms with E-state index < -0.39 is 0 Å². The van der Waals surface area contributed by atoms with Gasteiger partial charge in [0.2, 0.25) is 5.75 Å². The SMILES string of the molecule is CCCNc1ncnc(NC2CCCCC2SC)c1OC. The molecule has 2 N–H and O–H groups in total. The molecule has 1 aliphatic rings. The van der Waals surface area contributed by atoms with Crippen LogP contribution < -0.4 is 15.4 Å². The maximum atomic E-state index is 5.53. The average molecular weight is 310 g/mol. The van der Waals surface area contributed by atoms with Crippen LogP contribution in [0.5, 0.6) is 5.75 Å². The minimum atomic E-state index is 0.455. The van der Waals surface area contributed by atoms with Crippen LogP contribution in [0.15, 0.2) is 6.33 Å². The number of ether oxygens (including phenoxy) is 1. The number of thioether (sulfide) groups is 1. The van der Waals surface area contributed by atoms with Crippen molar-refractivity contribution in [1.29, 1.82) is 0 Å². The predicted molar refractivity (Wildman–Crippen MR) is 90.5 cm³/mol. The molecule has 1 aliphatic carbocycles. The number of anilines is 2. The Bertz CT molecular complexity index is 444.